The molecule has 0 fully saturated rings. The van der Waals surface area contributed by atoms with Crippen LogP contribution in [0.3, 0.4) is 0 Å². The van der Waals surface area contributed by atoms with Gasteiger partial charge in [-0.15, -0.1) is 0 Å². The van der Waals surface area contributed by atoms with Crippen LogP contribution in [-0.4, -0.2) is 32.3 Å². The second-order valence-electron chi connectivity index (χ2n) is 4.56. The molecular formula is C14H21F2NO2S. The summed E-state index contributed by atoms with van der Waals surface area (Å²) in [5.41, 5.74) is 0.887. The van der Waals surface area contributed by atoms with Crippen LogP contribution < -0.4 is 14.8 Å². The fourth-order valence-electron chi connectivity index (χ4n) is 1.83. The van der Waals surface area contributed by atoms with Crippen LogP contribution in [0.25, 0.3) is 0 Å². The van der Waals surface area contributed by atoms with Crippen molar-refractivity contribution in [3.05, 3.63) is 23.8 Å². The first-order chi connectivity index (χ1) is 9.56. The molecule has 1 atom stereocenters. The SMILES string of the molecule is COc1ccc(CNCC(C)CSC)cc1OC(F)F. The van der Waals surface area contributed by atoms with Gasteiger partial charge in [-0.2, -0.15) is 20.5 Å². The van der Waals surface area contributed by atoms with Crippen LogP contribution >= 0.6 is 11.8 Å². The highest BCUT2D eigenvalue weighted by atomic mass is 32.2. The van der Waals surface area contributed by atoms with E-state index in [0.29, 0.717) is 18.2 Å². The number of hydrogen-bond donors (Lipinski definition) is 1. The van der Waals surface area contributed by atoms with Gasteiger partial charge in [0.15, 0.2) is 11.5 Å². The highest BCUT2D eigenvalue weighted by molar-refractivity contribution is 7.98. The molecule has 114 valence electrons. The minimum absolute atomic E-state index is 0.0685. The molecular weight excluding hydrogens is 284 g/mol. The minimum Gasteiger partial charge on any atom is -0.493 e. The van der Waals surface area contributed by atoms with E-state index in [1.807, 2.05) is 17.8 Å². The van der Waals surface area contributed by atoms with E-state index < -0.39 is 6.61 Å². The molecule has 1 unspecified atom stereocenters. The van der Waals surface area contributed by atoms with Gasteiger partial charge in [-0.05, 0) is 42.2 Å². The zero-order valence-corrected chi connectivity index (χ0v) is 12.8. The first-order valence-electron chi connectivity index (χ1n) is 6.38. The molecule has 0 saturated carbocycles. The number of nitrogens with one attached hydrogen (secondary N) is 1. The lowest BCUT2D eigenvalue weighted by molar-refractivity contribution is -0.0512. The van der Waals surface area contributed by atoms with Crippen molar-refractivity contribution in [2.75, 3.05) is 25.7 Å². The Hall–Kier alpha value is -1.01. The number of benzene rings is 1. The number of thioether (sulfide) groups is 1. The van der Waals surface area contributed by atoms with Gasteiger partial charge in [0, 0.05) is 6.54 Å². The summed E-state index contributed by atoms with van der Waals surface area (Å²) in [6, 6.07) is 5.06. The number of hydrogen-bond acceptors (Lipinski definition) is 4. The Kier molecular flexibility index (Phi) is 7.69. The van der Waals surface area contributed by atoms with Crippen LogP contribution in [0, 0.1) is 5.92 Å². The second-order valence-corrected chi connectivity index (χ2v) is 5.47. The highest BCUT2D eigenvalue weighted by Gasteiger charge is 2.11. The number of ether oxygens (including phenoxy) is 2. The van der Waals surface area contributed by atoms with E-state index in [2.05, 4.69) is 23.2 Å². The number of halogens is 2. The van der Waals surface area contributed by atoms with Crippen molar-refractivity contribution in [2.24, 2.45) is 5.92 Å². The molecule has 0 aliphatic carbocycles. The van der Waals surface area contributed by atoms with Crippen molar-refractivity contribution in [1.82, 2.24) is 5.32 Å². The van der Waals surface area contributed by atoms with Crippen molar-refractivity contribution in [2.45, 2.75) is 20.1 Å². The molecule has 6 heteroatoms. The maximum Gasteiger partial charge on any atom is 0.387 e. The molecule has 0 aromatic heterocycles. The Labute approximate surface area is 123 Å². The molecule has 1 aromatic carbocycles. The van der Waals surface area contributed by atoms with Crippen LogP contribution in [0.4, 0.5) is 8.78 Å². The Balaban J connectivity index is 2.58. The molecule has 0 radical (unpaired) electrons. The summed E-state index contributed by atoms with van der Waals surface area (Å²) >= 11 is 1.81. The van der Waals surface area contributed by atoms with E-state index in [4.69, 9.17) is 4.74 Å². The molecule has 20 heavy (non-hydrogen) atoms. The zero-order chi connectivity index (χ0) is 15.0. The fraction of sp³-hybridized carbons (Fsp3) is 0.571. The second kappa shape index (κ2) is 9.02. The summed E-state index contributed by atoms with van der Waals surface area (Å²) < 4.78 is 34.1. The van der Waals surface area contributed by atoms with Crippen molar-refractivity contribution >= 4 is 11.8 Å². The topological polar surface area (TPSA) is 30.5 Å². The van der Waals surface area contributed by atoms with Crippen molar-refractivity contribution in [3.63, 3.8) is 0 Å². The van der Waals surface area contributed by atoms with Crippen LogP contribution in [0.5, 0.6) is 11.5 Å². The number of alkyl halides is 2. The van der Waals surface area contributed by atoms with Crippen molar-refractivity contribution in [1.29, 1.82) is 0 Å². The summed E-state index contributed by atoms with van der Waals surface area (Å²) in [4.78, 5) is 0. The van der Waals surface area contributed by atoms with Gasteiger partial charge in [-0.25, -0.2) is 0 Å². The molecule has 0 aliphatic rings. The third kappa shape index (κ3) is 5.96. The van der Waals surface area contributed by atoms with Crippen LogP contribution in [0.1, 0.15) is 12.5 Å². The van der Waals surface area contributed by atoms with Gasteiger partial charge in [-0.3, -0.25) is 0 Å². The summed E-state index contributed by atoms with van der Waals surface area (Å²) in [5, 5.41) is 3.31. The van der Waals surface area contributed by atoms with E-state index in [9.17, 15) is 8.78 Å². The van der Waals surface area contributed by atoms with Gasteiger partial charge in [0.1, 0.15) is 0 Å². The van der Waals surface area contributed by atoms with Crippen LogP contribution in [0.15, 0.2) is 18.2 Å². The molecule has 0 saturated heterocycles. The van der Waals surface area contributed by atoms with Gasteiger partial charge in [0.2, 0.25) is 0 Å². The standard InChI is InChI=1S/C14H21F2NO2S/c1-10(9-20-3)7-17-8-11-4-5-12(18-2)13(6-11)19-14(15)16/h4-6,10,14,17H,7-9H2,1-3H3. The normalized spacial score (nSPS) is 12.5. The van der Waals surface area contributed by atoms with Crippen molar-refractivity contribution in [3.8, 4) is 11.5 Å². The predicted octanol–water partition coefficient (Wildman–Crippen LogP) is 3.39. The van der Waals surface area contributed by atoms with Gasteiger partial charge >= 0.3 is 6.61 Å². The fourth-order valence-corrected chi connectivity index (χ4v) is 2.51. The van der Waals surface area contributed by atoms with E-state index >= 15 is 0 Å². The molecule has 0 aliphatic heterocycles. The van der Waals surface area contributed by atoms with Gasteiger partial charge in [-0.1, -0.05) is 13.0 Å². The lowest BCUT2D eigenvalue weighted by atomic mass is 10.2. The Morgan fingerprint density at radius 1 is 1.30 bits per heavy atom. The molecule has 0 heterocycles. The quantitative estimate of drug-likeness (QED) is 0.757. The van der Waals surface area contributed by atoms with E-state index in [1.165, 1.54) is 7.11 Å². The van der Waals surface area contributed by atoms with E-state index in [1.54, 1.807) is 12.1 Å². The molecule has 0 bridgehead atoms. The first-order valence-corrected chi connectivity index (χ1v) is 7.77. The Morgan fingerprint density at radius 2 is 2.05 bits per heavy atom. The molecule has 1 N–H and O–H groups in total. The predicted molar refractivity (Wildman–Crippen MR) is 78.9 cm³/mol. The number of rotatable bonds is 9. The Morgan fingerprint density at radius 3 is 2.65 bits per heavy atom. The first kappa shape index (κ1) is 17.0. The minimum atomic E-state index is -2.85. The number of methoxy groups -OCH3 is 1. The lowest BCUT2D eigenvalue weighted by Crippen LogP contribution is -2.22. The Bertz CT molecular complexity index is 405. The smallest absolute Gasteiger partial charge is 0.387 e. The summed E-state index contributed by atoms with van der Waals surface area (Å²) in [7, 11) is 1.43. The third-order valence-corrected chi connectivity index (χ3v) is 3.62. The van der Waals surface area contributed by atoms with Crippen molar-refractivity contribution < 1.29 is 18.3 Å². The molecule has 1 rings (SSSR count). The maximum atomic E-state index is 12.3. The average molecular weight is 305 g/mol. The molecule has 0 amide bonds. The highest BCUT2D eigenvalue weighted by Crippen LogP contribution is 2.29. The third-order valence-electron chi connectivity index (χ3n) is 2.72. The van der Waals surface area contributed by atoms with E-state index in [0.717, 1.165) is 17.9 Å². The van der Waals surface area contributed by atoms with Gasteiger partial charge in [0.25, 0.3) is 0 Å². The van der Waals surface area contributed by atoms with Crippen LogP contribution in [-0.2, 0) is 6.54 Å². The molecule has 3 nitrogen and oxygen atoms in total. The lowest BCUT2D eigenvalue weighted by Gasteiger charge is -2.13. The van der Waals surface area contributed by atoms with Crippen LogP contribution in [0.2, 0.25) is 0 Å². The largest absolute Gasteiger partial charge is 0.493 e. The van der Waals surface area contributed by atoms with Gasteiger partial charge in [0.05, 0.1) is 7.11 Å². The summed E-state index contributed by atoms with van der Waals surface area (Å²) in [6.45, 7) is 0.817. The van der Waals surface area contributed by atoms with E-state index in [-0.39, 0.29) is 5.75 Å². The molecule has 1 aromatic rings. The zero-order valence-electron chi connectivity index (χ0n) is 12.0. The van der Waals surface area contributed by atoms with Gasteiger partial charge < -0.3 is 14.8 Å². The summed E-state index contributed by atoms with van der Waals surface area (Å²) in [6.07, 6.45) is 2.08. The summed E-state index contributed by atoms with van der Waals surface area (Å²) in [5.74, 6) is 2.04. The monoisotopic (exact) mass is 305 g/mol. The average Bonchev–Trinajstić information content (AvgIpc) is 2.38. The molecule has 0 spiro atoms. The maximum absolute atomic E-state index is 12.3.